The van der Waals surface area contributed by atoms with Gasteiger partial charge in [0.05, 0.1) is 6.20 Å². The van der Waals surface area contributed by atoms with Gasteiger partial charge in [-0.2, -0.15) is 0 Å². The second kappa shape index (κ2) is 3.34. The first-order valence-electron chi connectivity index (χ1n) is 3.02. The molecular weight excluding hydrogens is 134 g/mol. The molecular formula is C6H9NO3. The molecule has 0 radical (unpaired) electrons. The lowest BCUT2D eigenvalue weighted by atomic mass is 10.5. The molecule has 0 saturated heterocycles. The normalized spacial score (nSPS) is 13.4. The number of hydrogen-bond donors (Lipinski definition) is 1. The van der Waals surface area contributed by atoms with E-state index in [-0.39, 0.29) is 0 Å². The van der Waals surface area contributed by atoms with E-state index < -0.39 is 6.29 Å². The highest BCUT2D eigenvalue weighted by Crippen LogP contribution is 2.11. The van der Waals surface area contributed by atoms with Crippen LogP contribution in [0.4, 0.5) is 0 Å². The molecule has 56 valence electrons. The van der Waals surface area contributed by atoms with E-state index in [2.05, 4.69) is 4.98 Å². The van der Waals surface area contributed by atoms with Crippen molar-refractivity contribution in [3.8, 4) is 0 Å². The first kappa shape index (κ1) is 7.24. The molecule has 1 aromatic rings. The van der Waals surface area contributed by atoms with Gasteiger partial charge in [-0.05, 0) is 6.92 Å². The Labute approximate surface area is 58.4 Å². The van der Waals surface area contributed by atoms with Crippen molar-refractivity contribution in [2.45, 2.75) is 13.2 Å². The van der Waals surface area contributed by atoms with Crippen molar-refractivity contribution in [2.75, 3.05) is 6.61 Å². The third kappa shape index (κ3) is 1.55. The van der Waals surface area contributed by atoms with Gasteiger partial charge in [-0.3, -0.25) is 0 Å². The van der Waals surface area contributed by atoms with Crippen molar-refractivity contribution >= 4 is 0 Å². The third-order valence-electron chi connectivity index (χ3n) is 1.02. The van der Waals surface area contributed by atoms with E-state index in [0.717, 1.165) is 0 Å². The Morgan fingerprint density at radius 2 is 2.70 bits per heavy atom. The maximum absolute atomic E-state index is 9.05. The quantitative estimate of drug-likeness (QED) is 0.633. The molecule has 1 heterocycles. The van der Waals surface area contributed by atoms with E-state index in [9.17, 15) is 0 Å². The van der Waals surface area contributed by atoms with Crippen LogP contribution in [0.25, 0.3) is 0 Å². The number of rotatable bonds is 3. The van der Waals surface area contributed by atoms with Crippen molar-refractivity contribution in [3.05, 3.63) is 18.4 Å². The minimum atomic E-state index is -0.979. The average Bonchev–Trinajstić information content (AvgIpc) is 2.38. The SMILES string of the molecule is CCOC(O)c1cnco1. The van der Waals surface area contributed by atoms with Gasteiger partial charge in [0.2, 0.25) is 6.29 Å². The number of aliphatic hydroxyl groups is 1. The summed E-state index contributed by atoms with van der Waals surface area (Å²) in [4.78, 5) is 3.62. The highest BCUT2D eigenvalue weighted by molar-refractivity contribution is 4.89. The van der Waals surface area contributed by atoms with Crippen LogP contribution in [-0.2, 0) is 4.74 Å². The molecule has 0 aliphatic rings. The Morgan fingerprint density at radius 3 is 3.20 bits per heavy atom. The van der Waals surface area contributed by atoms with Gasteiger partial charge in [-0.25, -0.2) is 4.98 Å². The van der Waals surface area contributed by atoms with Crippen LogP contribution in [0.5, 0.6) is 0 Å². The number of nitrogens with zero attached hydrogens (tertiary/aromatic N) is 1. The molecule has 1 N–H and O–H groups in total. The summed E-state index contributed by atoms with van der Waals surface area (Å²) in [5, 5.41) is 9.05. The van der Waals surface area contributed by atoms with Gasteiger partial charge < -0.3 is 14.3 Å². The first-order valence-corrected chi connectivity index (χ1v) is 3.02. The van der Waals surface area contributed by atoms with Gasteiger partial charge >= 0.3 is 0 Å². The van der Waals surface area contributed by atoms with Crippen LogP contribution < -0.4 is 0 Å². The molecule has 0 aliphatic heterocycles. The van der Waals surface area contributed by atoms with E-state index in [1.54, 1.807) is 6.92 Å². The van der Waals surface area contributed by atoms with E-state index in [0.29, 0.717) is 12.4 Å². The lowest BCUT2D eigenvalue weighted by molar-refractivity contribution is -0.110. The van der Waals surface area contributed by atoms with E-state index >= 15 is 0 Å². The zero-order valence-electron chi connectivity index (χ0n) is 5.65. The van der Waals surface area contributed by atoms with Crippen LogP contribution in [0.1, 0.15) is 19.0 Å². The molecule has 0 aromatic carbocycles. The molecule has 4 nitrogen and oxygen atoms in total. The molecule has 1 rings (SSSR count). The monoisotopic (exact) mass is 143 g/mol. The number of aromatic nitrogens is 1. The Balaban J connectivity index is 2.50. The number of aliphatic hydroxyl groups excluding tert-OH is 1. The summed E-state index contributed by atoms with van der Waals surface area (Å²) < 4.78 is 9.57. The fraction of sp³-hybridized carbons (Fsp3) is 0.500. The number of ether oxygens (including phenoxy) is 1. The Bertz CT molecular complexity index is 173. The Hall–Kier alpha value is -0.870. The Morgan fingerprint density at radius 1 is 1.90 bits per heavy atom. The average molecular weight is 143 g/mol. The van der Waals surface area contributed by atoms with Crippen LogP contribution in [0.15, 0.2) is 17.0 Å². The van der Waals surface area contributed by atoms with Crippen molar-refractivity contribution < 1.29 is 14.3 Å². The summed E-state index contributed by atoms with van der Waals surface area (Å²) in [5.74, 6) is 0.335. The lowest BCUT2D eigenvalue weighted by Crippen LogP contribution is -2.00. The Kier molecular flexibility index (Phi) is 2.42. The van der Waals surface area contributed by atoms with E-state index in [4.69, 9.17) is 14.3 Å². The summed E-state index contributed by atoms with van der Waals surface area (Å²) in [7, 11) is 0. The molecule has 0 saturated carbocycles. The molecule has 0 spiro atoms. The summed E-state index contributed by atoms with van der Waals surface area (Å²) in [5.41, 5.74) is 0. The van der Waals surface area contributed by atoms with Gasteiger partial charge in [0.1, 0.15) is 0 Å². The maximum atomic E-state index is 9.05. The predicted molar refractivity (Wildman–Crippen MR) is 33.1 cm³/mol. The minimum Gasteiger partial charge on any atom is -0.443 e. The molecule has 1 atom stereocenters. The molecule has 4 heteroatoms. The lowest BCUT2D eigenvalue weighted by Gasteiger charge is -2.04. The molecule has 1 unspecified atom stereocenters. The van der Waals surface area contributed by atoms with Crippen LogP contribution in [0.2, 0.25) is 0 Å². The highest BCUT2D eigenvalue weighted by Gasteiger charge is 2.08. The highest BCUT2D eigenvalue weighted by atomic mass is 16.6. The topological polar surface area (TPSA) is 55.5 Å². The van der Waals surface area contributed by atoms with Crippen molar-refractivity contribution in [2.24, 2.45) is 0 Å². The van der Waals surface area contributed by atoms with Gasteiger partial charge in [0, 0.05) is 6.61 Å². The van der Waals surface area contributed by atoms with Crippen molar-refractivity contribution in [1.29, 1.82) is 0 Å². The van der Waals surface area contributed by atoms with E-state index in [1.807, 2.05) is 0 Å². The van der Waals surface area contributed by atoms with Crippen molar-refractivity contribution in [3.63, 3.8) is 0 Å². The molecule has 0 amide bonds. The van der Waals surface area contributed by atoms with Gasteiger partial charge in [0.15, 0.2) is 12.2 Å². The van der Waals surface area contributed by atoms with Gasteiger partial charge in [-0.15, -0.1) is 0 Å². The molecule has 0 aliphatic carbocycles. The fourth-order valence-corrected chi connectivity index (χ4v) is 0.588. The van der Waals surface area contributed by atoms with Crippen molar-refractivity contribution in [1.82, 2.24) is 4.98 Å². The van der Waals surface area contributed by atoms with Gasteiger partial charge in [0.25, 0.3) is 0 Å². The van der Waals surface area contributed by atoms with Crippen LogP contribution in [-0.4, -0.2) is 16.7 Å². The molecule has 1 aromatic heterocycles. The fourth-order valence-electron chi connectivity index (χ4n) is 0.588. The number of hydrogen-bond acceptors (Lipinski definition) is 4. The minimum absolute atomic E-state index is 0.335. The summed E-state index contributed by atoms with van der Waals surface area (Å²) in [6.07, 6.45) is 1.69. The summed E-state index contributed by atoms with van der Waals surface area (Å²) in [6.45, 7) is 2.24. The van der Waals surface area contributed by atoms with Crippen LogP contribution in [0.3, 0.4) is 0 Å². The maximum Gasteiger partial charge on any atom is 0.216 e. The number of oxazole rings is 1. The summed E-state index contributed by atoms with van der Waals surface area (Å²) >= 11 is 0. The van der Waals surface area contributed by atoms with Crippen LogP contribution >= 0.6 is 0 Å². The largest absolute Gasteiger partial charge is 0.443 e. The second-order valence-electron chi connectivity index (χ2n) is 1.71. The first-order chi connectivity index (χ1) is 4.84. The molecule has 0 fully saturated rings. The smallest absolute Gasteiger partial charge is 0.216 e. The zero-order chi connectivity index (χ0) is 7.40. The molecule has 10 heavy (non-hydrogen) atoms. The third-order valence-corrected chi connectivity index (χ3v) is 1.02. The molecule has 0 bridgehead atoms. The summed E-state index contributed by atoms with van der Waals surface area (Å²) in [6, 6.07) is 0. The van der Waals surface area contributed by atoms with E-state index in [1.165, 1.54) is 12.6 Å². The van der Waals surface area contributed by atoms with Crippen LogP contribution in [0, 0.1) is 0 Å². The van der Waals surface area contributed by atoms with Gasteiger partial charge in [-0.1, -0.05) is 0 Å². The predicted octanol–water partition coefficient (Wildman–Crippen LogP) is 0.702. The standard InChI is InChI=1S/C6H9NO3/c1-2-9-6(8)5-3-7-4-10-5/h3-4,6,8H,2H2,1H3. The second-order valence-corrected chi connectivity index (χ2v) is 1.71. The zero-order valence-corrected chi connectivity index (χ0v) is 5.65.